The molecule has 0 aromatic heterocycles. The summed E-state index contributed by atoms with van der Waals surface area (Å²) in [5, 5.41) is 1.66. The average Bonchev–Trinajstić information content (AvgIpc) is 2.27. The van der Waals surface area contributed by atoms with Gasteiger partial charge in [0.2, 0.25) is 0 Å². The monoisotopic (exact) mass is 648 g/mol. The predicted octanol–water partition coefficient (Wildman–Crippen LogP) is 3.48. The molecule has 3 fully saturated rings. The summed E-state index contributed by atoms with van der Waals surface area (Å²) in [6.45, 7) is 0. The maximum absolute atomic E-state index is 2.30. The molecule has 3 aliphatic heterocycles. The summed E-state index contributed by atoms with van der Waals surface area (Å²) < 4.78 is 4.17. The topological polar surface area (TPSA) is 0 Å². The van der Waals surface area contributed by atoms with Crippen LogP contribution in [-0.2, 0) is 0 Å². The molecule has 0 bridgehead atoms. The third-order valence-electron chi connectivity index (χ3n) is 3.77. The van der Waals surface area contributed by atoms with Gasteiger partial charge in [-0.05, 0) is 0 Å². The van der Waals surface area contributed by atoms with Gasteiger partial charge < -0.3 is 0 Å². The van der Waals surface area contributed by atoms with Gasteiger partial charge in [-0.2, -0.15) is 0 Å². The molecule has 3 aliphatic rings. The number of hydrogen-bond acceptors (Lipinski definition) is 2. The first-order valence-corrected chi connectivity index (χ1v) is 21.5. The van der Waals surface area contributed by atoms with E-state index in [2.05, 4.69) is 18.0 Å². The standard InChI is InChI=1S/C12H20S2Se2Te2/c1(2-10-5-13-17-10)9-7-15-8-16-12(9)4-3-11-6-14-18-11/h9-12H,1-8H2. The molecule has 0 amide bonds. The second-order valence-corrected chi connectivity index (χ2v) is 24.4. The van der Waals surface area contributed by atoms with Crippen molar-refractivity contribution in [2.24, 2.45) is 5.92 Å². The molecule has 0 aliphatic carbocycles. The molecule has 18 heavy (non-hydrogen) atoms. The van der Waals surface area contributed by atoms with Crippen molar-refractivity contribution in [3.63, 3.8) is 0 Å². The van der Waals surface area contributed by atoms with Gasteiger partial charge in [-0.15, -0.1) is 0 Å². The van der Waals surface area contributed by atoms with E-state index in [0.29, 0.717) is 39.1 Å². The van der Waals surface area contributed by atoms with Crippen LogP contribution in [0.5, 0.6) is 0 Å². The van der Waals surface area contributed by atoms with Crippen molar-refractivity contribution >= 4 is 87.0 Å². The van der Waals surface area contributed by atoms with Crippen molar-refractivity contribution in [1.29, 1.82) is 0 Å². The van der Waals surface area contributed by atoms with Gasteiger partial charge in [0.1, 0.15) is 0 Å². The van der Waals surface area contributed by atoms with Crippen LogP contribution in [0, 0.1) is 5.92 Å². The van der Waals surface area contributed by atoms with Gasteiger partial charge in [0.05, 0.1) is 0 Å². The molecule has 0 aromatic carbocycles. The van der Waals surface area contributed by atoms with Crippen LogP contribution in [0.4, 0.5) is 0 Å². The second kappa shape index (κ2) is 8.82. The summed E-state index contributed by atoms with van der Waals surface area (Å²) in [7, 11) is 4.59. The van der Waals surface area contributed by atoms with Crippen LogP contribution in [-0.4, -0.2) is 80.5 Å². The quantitative estimate of drug-likeness (QED) is 0.408. The van der Waals surface area contributed by atoms with Crippen LogP contribution in [0.25, 0.3) is 0 Å². The zero-order chi connectivity index (χ0) is 12.2. The number of rotatable bonds is 6. The molecule has 0 radical (unpaired) electrons. The van der Waals surface area contributed by atoms with Crippen molar-refractivity contribution in [3.8, 4) is 0 Å². The molecule has 3 rings (SSSR count). The Kier molecular flexibility index (Phi) is 7.93. The molecule has 0 nitrogen and oxygen atoms in total. The molecule has 4 atom stereocenters. The first kappa shape index (κ1) is 16.2. The third kappa shape index (κ3) is 4.91. The summed E-state index contributed by atoms with van der Waals surface area (Å²) in [5.74, 6) is 4.28. The van der Waals surface area contributed by atoms with Crippen LogP contribution in [0.1, 0.15) is 25.7 Å². The van der Waals surface area contributed by atoms with Gasteiger partial charge in [-0.25, -0.2) is 0 Å². The van der Waals surface area contributed by atoms with E-state index >= 15 is 0 Å². The Morgan fingerprint density at radius 2 is 1.61 bits per heavy atom. The van der Waals surface area contributed by atoms with E-state index in [1.54, 1.807) is 46.7 Å². The third-order valence-corrected chi connectivity index (χ3v) is 26.1. The summed E-state index contributed by atoms with van der Waals surface area (Å²) in [4.78, 5) is 1.22. The van der Waals surface area contributed by atoms with Gasteiger partial charge in [0.15, 0.2) is 0 Å². The van der Waals surface area contributed by atoms with Crippen molar-refractivity contribution in [2.45, 2.75) is 48.0 Å². The summed E-state index contributed by atoms with van der Waals surface area (Å²) in [6, 6.07) is 0. The van der Waals surface area contributed by atoms with Crippen LogP contribution in [0.2, 0.25) is 22.3 Å². The van der Waals surface area contributed by atoms with Crippen LogP contribution < -0.4 is 0 Å². The fourth-order valence-electron chi connectivity index (χ4n) is 2.51. The predicted molar refractivity (Wildman–Crippen MR) is 90.8 cm³/mol. The van der Waals surface area contributed by atoms with Gasteiger partial charge in [0.25, 0.3) is 0 Å². The molecule has 4 unspecified atom stereocenters. The molecular formula is C12H20S2Se2Te2. The first-order valence-electron chi connectivity index (χ1n) is 6.67. The van der Waals surface area contributed by atoms with E-state index in [-0.39, 0.29) is 0 Å². The number of hydrogen-bond donors (Lipinski definition) is 0. The fraction of sp³-hybridized carbons (Fsp3) is 1.00. The molecule has 6 heteroatoms. The van der Waals surface area contributed by atoms with Crippen LogP contribution in [0.3, 0.4) is 0 Å². The van der Waals surface area contributed by atoms with Gasteiger partial charge in [-0.1, -0.05) is 0 Å². The van der Waals surface area contributed by atoms with E-state index in [4.69, 9.17) is 0 Å². The molecule has 0 N–H and O–H groups in total. The summed E-state index contributed by atoms with van der Waals surface area (Å²) in [6.07, 6.45) is 6.56. The SMILES string of the molecule is C1[Se]CC(CCC2CS[Te]2)C(CCC2CS[Te]2)[Se]1. The van der Waals surface area contributed by atoms with E-state index in [1.165, 1.54) is 18.7 Å². The Hall–Kier alpha value is 3.32. The van der Waals surface area contributed by atoms with E-state index in [9.17, 15) is 0 Å². The van der Waals surface area contributed by atoms with Gasteiger partial charge >= 0.3 is 152 Å². The normalized spacial score (nSPS) is 40.0. The maximum atomic E-state index is 2.30. The van der Waals surface area contributed by atoms with Crippen molar-refractivity contribution in [1.82, 2.24) is 0 Å². The molecule has 0 spiro atoms. The first-order chi connectivity index (χ1) is 8.92. The summed E-state index contributed by atoms with van der Waals surface area (Å²) in [5.41, 5.74) is 0. The Morgan fingerprint density at radius 1 is 0.944 bits per heavy atom. The average molecular weight is 642 g/mol. The zero-order valence-corrected chi connectivity index (χ0v) is 20.1. The zero-order valence-electron chi connectivity index (χ0n) is 10.4. The molecule has 104 valence electrons. The van der Waals surface area contributed by atoms with Crippen LogP contribution in [0.15, 0.2) is 0 Å². The Labute approximate surface area is 150 Å². The van der Waals surface area contributed by atoms with E-state index < -0.39 is 0 Å². The fourth-order valence-corrected chi connectivity index (χ4v) is 20.3. The van der Waals surface area contributed by atoms with Crippen LogP contribution >= 0.6 is 18.0 Å². The minimum atomic E-state index is 0.437. The second-order valence-electron chi connectivity index (χ2n) is 5.11. The van der Waals surface area contributed by atoms with E-state index in [0.717, 1.165) is 29.9 Å². The van der Waals surface area contributed by atoms with Gasteiger partial charge in [0, 0.05) is 0 Å². The minimum absolute atomic E-state index is 0.437. The summed E-state index contributed by atoms with van der Waals surface area (Å²) >= 11 is 2.97. The Bertz CT molecular complexity index is 236. The molecule has 3 heterocycles. The van der Waals surface area contributed by atoms with Crippen molar-refractivity contribution in [3.05, 3.63) is 0 Å². The molecule has 0 saturated carbocycles. The molecule has 0 aromatic rings. The van der Waals surface area contributed by atoms with Crippen molar-refractivity contribution in [2.75, 3.05) is 11.5 Å². The van der Waals surface area contributed by atoms with Gasteiger partial charge in [-0.3, -0.25) is 0 Å². The Morgan fingerprint density at radius 3 is 2.22 bits per heavy atom. The molecular weight excluding hydrogens is 621 g/mol. The van der Waals surface area contributed by atoms with E-state index in [1.807, 2.05) is 0 Å². The van der Waals surface area contributed by atoms with Crippen molar-refractivity contribution < 1.29 is 0 Å². The Balaban J connectivity index is 1.39. The molecule has 3 saturated heterocycles.